The molecule has 0 radical (unpaired) electrons. The monoisotopic (exact) mass is 342 g/mol. The molecule has 0 aliphatic rings. The molecule has 0 aromatic heterocycles. The SMILES string of the molecule is CCCCc1ccc2cccc(S(=O)(=O)[O-])c2c1CCCC.[Na+]. The van der Waals surface area contributed by atoms with Crippen LogP contribution in [0.4, 0.5) is 0 Å². The van der Waals surface area contributed by atoms with Crippen LogP contribution in [-0.4, -0.2) is 13.0 Å². The number of unbranched alkanes of at least 4 members (excludes halogenated alkanes) is 2. The third-order valence-electron chi connectivity index (χ3n) is 4.06. The average Bonchev–Trinajstić information content (AvgIpc) is 2.49. The molecule has 2 aromatic rings. The topological polar surface area (TPSA) is 57.2 Å². The van der Waals surface area contributed by atoms with E-state index >= 15 is 0 Å². The summed E-state index contributed by atoms with van der Waals surface area (Å²) in [6, 6.07) is 8.98. The van der Waals surface area contributed by atoms with Gasteiger partial charge in [-0.25, -0.2) is 8.42 Å². The molecule has 120 valence electrons. The fourth-order valence-corrected chi connectivity index (χ4v) is 3.65. The third kappa shape index (κ3) is 5.04. The van der Waals surface area contributed by atoms with Gasteiger partial charge in [-0.15, -0.1) is 0 Å². The van der Waals surface area contributed by atoms with Crippen LogP contribution in [0.3, 0.4) is 0 Å². The van der Waals surface area contributed by atoms with E-state index in [1.54, 1.807) is 6.07 Å². The Bertz CT molecular complexity index is 754. The molecule has 0 saturated carbocycles. The Hall–Kier alpha value is -0.390. The van der Waals surface area contributed by atoms with Crippen molar-refractivity contribution in [1.82, 2.24) is 0 Å². The van der Waals surface area contributed by atoms with Crippen LogP contribution in [0.2, 0.25) is 0 Å². The Labute approximate surface area is 161 Å². The standard InChI is InChI=1S/C18H24O3S.Na/c1-3-5-8-14-12-13-15-9-7-11-17(22(19,20)21)18(15)16(14)10-6-4-2;/h7,9,11-13H,3-6,8,10H2,1-2H3,(H,19,20,21);/q;+1/p-1. The molecule has 23 heavy (non-hydrogen) atoms. The maximum absolute atomic E-state index is 11.6. The Morgan fingerprint density at radius 3 is 2.22 bits per heavy atom. The predicted molar refractivity (Wildman–Crippen MR) is 89.1 cm³/mol. The van der Waals surface area contributed by atoms with E-state index in [0.717, 1.165) is 49.5 Å². The molecule has 3 nitrogen and oxygen atoms in total. The molecular formula is C18H23NaO3S. The van der Waals surface area contributed by atoms with Crippen LogP contribution in [0.1, 0.15) is 50.7 Å². The first kappa shape index (κ1) is 20.7. The van der Waals surface area contributed by atoms with E-state index in [-0.39, 0.29) is 34.5 Å². The fraction of sp³-hybridized carbons (Fsp3) is 0.444. The molecular weight excluding hydrogens is 319 g/mol. The molecule has 2 rings (SSSR count). The number of rotatable bonds is 7. The minimum atomic E-state index is -4.46. The first-order valence-corrected chi connectivity index (χ1v) is 9.39. The summed E-state index contributed by atoms with van der Waals surface area (Å²) in [4.78, 5) is -0.0746. The molecule has 2 aromatic carbocycles. The first-order chi connectivity index (χ1) is 10.5. The Morgan fingerprint density at radius 1 is 0.957 bits per heavy atom. The van der Waals surface area contributed by atoms with Crippen molar-refractivity contribution in [2.24, 2.45) is 0 Å². The Morgan fingerprint density at radius 2 is 1.61 bits per heavy atom. The number of hydrogen-bond donors (Lipinski definition) is 0. The van der Waals surface area contributed by atoms with Gasteiger partial charge < -0.3 is 4.55 Å². The van der Waals surface area contributed by atoms with Crippen molar-refractivity contribution in [1.29, 1.82) is 0 Å². The Kier molecular flexibility index (Phi) is 8.25. The smallest absolute Gasteiger partial charge is 0.744 e. The van der Waals surface area contributed by atoms with E-state index in [4.69, 9.17) is 0 Å². The zero-order valence-electron chi connectivity index (χ0n) is 14.3. The van der Waals surface area contributed by atoms with Crippen molar-refractivity contribution in [2.45, 2.75) is 57.3 Å². The molecule has 0 atom stereocenters. The maximum atomic E-state index is 11.6. The fourth-order valence-electron chi connectivity index (χ4n) is 2.91. The van der Waals surface area contributed by atoms with Gasteiger partial charge in [0, 0.05) is 5.39 Å². The summed E-state index contributed by atoms with van der Waals surface area (Å²) in [5.74, 6) is 0. The van der Waals surface area contributed by atoms with Crippen LogP contribution >= 0.6 is 0 Å². The zero-order chi connectivity index (χ0) is 16.2. The van der Waals surface area contributed by atoms with Gasteiger partial charge in [-0.3, -0.25) is 0 Å². The van der Waals surface area contributed by atoms with Gasteiger partial charge in [0.05, 0.1) is 4.90 Å². The van der Waals surface area contributed by atoms with Crippen molar-refractivity contribution in [3.05, 3.63) is 41.5 Å². The molecule has 0 fully saturated rings. The zero-order valence-corrected chi connectivity index (χ0v) is 17.1. The number of hydrogen-bond acceptors (Lipinski definition) is 3. The van der Waals surface area contributed by atoms with Gasteiger partial charge in [0.2, 0.25) is 0 Å². The molecule has 0 heterocycles. The van der Waals surface area contributed by atoms with Crippen LogP contribution in [0.15, 0.2) is 35.2 Å². The van der Waals surface area contributed by atoms with E-state index in [1.807, 2.05) is 12.1 Å². The summed E-state index contributed by atoms with van der Waals surface area (Å²) in [5, 5.41) is 1.47. The molecule has 0 amide bonds. The van der Waals surface area contributed by atoms with Gasteiger partial charge in [0.25, 0.3) is 0 Å². The van der Waals surface area contributed by atoms with Gasteiger partial charge in [0.1, 0.15) is 10.1 Å². The van der Waals surface area contributed by atoms with Gasteiger partial charge >= 0.3 is 29.6 Å². The van der Waals surface area contributed by atoms with Crippen LogP contribution < -0.4 is 29.6 Å². The second kappa shape index (κ2) is 9.19. The van der Waals surface area contributed by atoms with E-state index in [2.05, 4.69) is 19.9 Å². The summed E-state index contributed by atoms with van der Waals surface area (Å²) < 4.78 is 34.9. The molecule has 0 bridgehead atoms. The maximum Gasteiger partial charge on any atom is 1.00 e. The molecule has 0 unspecified atom stereocenters. The molecule has 0 N–H and O–H groups in total. The van der Waals surface area contributed by atoms with Crippen molar-refractivity contribution >= 4 is 20.9 Å². The summed E-state index contributed by atoms with van der Waals surface area (Å²) in [7, 11) is -4.46. The summed E-state index contributed by atoms with van der Waals surface area (Å²) in [6.45, 7) is 4.25. The summed E-state index contributed by atoms with van der Waals surface area (Å²) >= 11 is 0. The molecule has 0 aliphatic heterocycles. The summed E-state index contributed by atoms with van der Waals surface area (Å²) in [6.07, 6.45) is 5.93. The van der Waals surface area contributed by atoms with E-state index in [1.165, 1.54) is 11.6 Å². The van der Waals surface area contributed by atoms with Gasteiger partial charge in [-0.2, -0.15) is 0 Å². The molecule has 5 heteroatoms. The first-order valence-electron chi connectivity index (χ1n) is 7.98. The predicted octanol–water partition coefficient (Wildman–Crippen LogP) is 1.43. The van der Waals surface area contributed by atoms with Crippen molar-refractivity contribution in [3.8, 4) is 0 Å². The van der Waals surface area contributed by atoms with Crippen LogP contribution in [0.5, 0.6) is 0 Å². The molecule has 0 spiro atoms. The van der Waals surface area contributed by atoms with Crippen molar-refractivity contribution in [2.75, 3.05) is 0 Å². The second-order valence-electron chi connectivity index (χ2n) is 5.72. The van der Waals surface area contributed by atoms with Crippen LogP contribution in [0.25, 0.3) is 10.8 Å². The number of benzene rings is 2. The normalized spacial score (nSPS) is 11.4. The van der Waals surface area contributed by atoms with E-state index in [9.17, 15) is 13.0 Å². The number of aryl methyl sites for hydroxylation is 2. The number of fused-ring (bicyclic) bond motifs is 1. The third-order valence-corrected chi connectivity index (χ3v) is 4.94. The van der Waals surface area contributed by atoms with Crippen molar-refractivity contribution in [3.63, 3.8) is 0 Å². The van der Waals surface area contributed by atoms with Gasteiger partial charge in [0.15, 0.2) is 0 Å². The Balaban J connectivity index is 0.00000264. The quantitative estimate of drug-likeness (QED) is 0.565. The second-order valence-corrected chi connectivity index (χ2v) is 7.07. The largest absolute Gasteiger partial charge is 1.00 e. The minimum absolute atomic E-state index is 0. The summed E-state index contributed by atoms with van der Waals surface area (Å²) in [5.41, 5.74) is 2.22. The average molecular weight is 342 g/mol. The van der Waals surface area contributed by atoms with E-state index < -0.39 is 10.1 Å². The van der Waals surface area contributed by atoms with E-state index in [0.29, 0.717) is 5.39 Å². The van der Waals surface area contributed by atoms with Crippen molar-refractivity contribution < 1.29 is 42.5 Å². The minimum Gasteiger partial charge on any atom is -0.744 e. The van der Waals surface area contributed by atoms with Gasteiger partial charge in [-0.1, -0.05) is 51.0 Å². The van der Waals surface area contributed by atoms with Crippen LogP contribution in [0, 0.1) is 0 Å². The molecule has 0 saturated heterocycles. The molecule has 0 aliphatic carbocycles. The van der Waals surface area contributed by atoms with Gasteiger partial charge in [-0.05, 0) is 48.3 Å². The van der Waals surface area contributed by atoms with Crippen LogP contribution in [-0.2, 0) is 23.0 Å².